The Morgan fingerprint density at radius 2 is 2.05 bits per heavy atom. The van der Waals surface area contributed by atoms with E-state index in [0.717, 1.165) is 12.8 Å². The molecule has 20 heavy (non-hydrogen) atoms. The van der Waals surface area contributed by atoms with Crippen LogP contribution in [0.4, 0.5) is 0 Å². The lowest BCUT2D eigenvalue weighted by molar-refractivity contribution is -0.142. The van der Waals surface area contributed by atoms with Gasteiger partial charge in [-0.05, 0) is 24.9 Å². The fourth-order valence-electron chi connectivity index (χ4n) is 1.79. The van der Waals surface area contributed by atoms with E-state index in [2.05, 4.69) is 11.9 Å². The molecule has 0 aliphatic rings. The number of aliphatic hydroxyl groups is 1. The summed E-state index contributed by atoms with van der Waals surface area (Å²) in [6.45, 7) is 5.55. The number of carbonyl (C=O) groups excluding carboxylic acids is 1. The Morgan fingerprint density at radius 3 is 2.50 bits per heavy atom. The van der Waals surface area contributed by atoms with Gasteiger partial charge < -0.3 is 15.5 Å². The summed E-state index contributed by atoms with van der Waals surface area (Å²) < 4.78 is 0. The predicted octanol–water partition coefficient (Wildman–Crippen LogP) is 1.66. The fourth-order valence-corrected chi connectivity index (χ4v) is 2.26. The quantitative estimate of drug-likeness (QED) is 0.505. The Hall–Kier alpha value is -1.01. The third-order valence-corrected chi connectivity index (χ3v) is 3.69. The normalized spacial score (nSPS) is 15.2. The molecule has 0 radical (unpaired) electrons. The number of carbonyl (C=O) groups is 2. The molecule has 6 heteroatoms. The monoisotopic (exact) mass is 303 g/mol. The first kappa shape index (κ1) is 19.0. The van der Waals surface area contributed by atoms with Crippen molar-refractivity contribution < 1.29 is 19.8 Å². The molecule has 0 aromatic rings. The fraction of sp³-hybridized carbons (Fsp3) is 0.714. The maximum Gasteiger partial charge on any atom is 0.326 e. The molecule has 0 aromatic carbocycles. The second-order valence-electron chi connectivity index (χ2n) is 4.65. The zero-order chi connectivity index (χ0) is 15.5. The van der Waals surface area contributed by atoms with Crippen LogP contribution in [0.2, 0.25) is 0 Å². The Bertz CT molecular complexity index is 322. The van der Waals surface area contributed by atoms with Gasteiger partial charge in [-0.25, -0.2) is 4.79 Å². The lowest BCUT2D eigenvalue weighted by Crippen LogP contribution is -2.46. The summed E-state index contributed by atoms with van der Waals surface area (Å²) in [5.74, 6) is -1.65. The van der Waals surface area contributed by atoms with Gasteiger partial charge in [-0.1, -0.05) is 25.8 Å². The van der Waals surface area contributed by atoms with Gasteiger partial charge >= 0.3 is 5.97 Å². The van der Waals surface area contributed by atoms with Crippen LogP contribution in [0.15, 0.2) is 12.7 Å². The molecular formula is C14H25NO4S. The van der Waals surface area contributed by atoms with Gasteiger partial charge in [0.2, 0.25) is 5.91 Å². The summed E-state index contributed by atoms with van der Waals surface area (Å²) in [5.41, 5.74) is 0. The maximum atomic E-state index is 12.0. The van der Waals surface area contributed by atoms with Gasteiger partial charge in [-0.15, -0.1) is 6.58 Å². The second kappa shape index (κ2) is 10.7. The smallest absolute Gasteiger partial charge is 0.326 e. The van der Waals surface area contributed by atoms with Crippen LogP contribution in [0.25, 0.3) is 0 Å². The van der Waals surface area contributed by atoms with E-state index in [9.17, 15) is 14.7 Å². The lowest BCUT2D eigenvalue weighted by atomic mass is 9.96. The van der Waals surface area contributed by atoms with Crippen molar-refractivity contribution >= 4 is 23.6 Å². The Balaban J connectivity index is 4.57. The Labute approximate surface area is 124 Å². The zero-order valence-electron chi connectivity index (χ0n) is 12.2. The largest absolute Gasteiger partial charge is 0.480 e. The summed E-state index contributed by atoms with van der Waals surface area (Å²) >= 11 is 1.52. The minimum absolute atomic E-state index is 0.358. The summed E-state index contributed by atoms with van der Waals surface area (Å²) in [4.78, 5) is 23.1. The summed E-state index contributed by atoms with van der Waals surface area (Å²) in [6, 6.07) is -0.921. The zero-order valence-corrected chi connectivity index (χ0v) is 13.0. The number of aliphatic carboxylic acids is 1. The van der Waals surface area contributed by atoms with Crippen molar-refractivity contribution in [1.29, 1.82) is 0 Å². The van der Waals surface area contributed by atoms with Crippen molar-refractivity contribution in [3.05, 3.63) is 12.7 Å². The molecule has 116 valence electrons. The third-order valence-electron chi connectivity index (χ3n) is 3.05. The number of thioether (sulfide) groups is 1. The molecule has 0 bridgehead atoms. The molecule has 1 amide bonds. The van der Waals surface area contributed by atoms with E-state index in [0.29, 0.717) is 18.6 Å². The van der Waals surface area contributed by atoms with Crippen LogP contribution in [0, 0.1) is 5.92 Å². The van der Waals surface area contributed by atoms with Crippen LogP contribution in [0.1, 0.15) is 32.6 Å². The molecule has 0 heterocycles. The Morgan fingerprint density at radius 1 is 1.40 bits per heavy atom. The molecule has 0 aliphatic carbocycles. The van der Waals surface area contributed by atoms with Crippen LogP contribution in [0.5, 0.6) is 0 Å². The molecule has 0 spiro atoms. The molecular weight excluding hydrogens is 278 g/mol. The van der Waals surface area contributed by atoms with E-state index in [1.54, 1.807) is 0 Å². The molecule has 0 unspecified atom stereocenters. The molecule has 3 atom stereocenters. The number of hydrogen-bond acceptors (Lipinski definition) is 4. The predicted molar refractivity (Wildman–Crippen MR) is 81.8 cm³/mol. The highest BCUT2D eigenvalue weighted by Gasteiger charge is 2.27. The van der Waals surface area contributed by atoms with E-state index in [4.69, 9.17) is 5.11 Å². The number of unbranched alkanes of at least 4 members (excludes halogenated alkanes) is 1. The van der Waals surface area contributed by atoms with Crippen molar-refractivity contribution in [2.45, 2.75) is 44.8 Å². The van der Waals surface area contributed by atoms with Crippen LogP contribution < -0.4 is 5.32 Å². The number of hydrogen-bond donors (Lipinski definition) is 3. The molecule has 5 nitrogen and oxygen atoms in total. The molecule has 0 fully saturated rings. The van der Waals surface area contributed by atoms with E-state index in [-0.39, 0.29) is 0 Å². The van der Waals surface area contributed by atoms with Crippen LogP contribution in [-0.2, 0) is 9.59 Å². The number of carboxylic acid groups (broad SMARTS) is 1. The summed E-state index contributed by atoms with van der Waals surface area (Å²) in [7, 11) is 0. The van der Waals surface area contributed by atoms with Gasteiger partial charge in [0.15, 0.2) is 0 Å². The van der Waals surface area contributed by atoms with E-state index < -0.39 is 29.9 Å². The first-order valence-electron chi connectivity index (χ1n) is 6.80. The number of nitrogens with one attached hydrogen (secondary N) is 1. The molecule has 0 aromatic heterocycles. The molecule has 0 rings (SSSR count). The standard InChI is InChI=1S/C14H25NO4S/c1-4-6-7-12(16)10(5-2)13(17)15-11(14(18)19)8-9-20-3/h5,10-12,16H,2,4,6-9H2,1,3H3,(H,15,17)(H,18,19)/t10-,11-,12+/m0/s1. The first-order chi connectivity index (χ1) is 9.47. The van der Waals surface area contributed by atoms with Gasteiger partial charge in [0.05, 0.1) is 12.0 Å². The van der Waals surface area contributed by atoms with Gasteiger partial charge in [0.25, 0.3) is 0 Å². The maximum absolute atomic E-state index is 12.0. The Kier molecular flexibility index (Phi) is 10.2. The second-order valence-corrected chi connectivity index (χ2v) is 5.64. The molecule has 0 saturated carbocycles. The number of rotatable bonds is 11. The van der Waals surface area contributed by atoms with Crippen LogP contribution in [-0.4, -0.2) is 46.2 Å². The van der Waals surface area contributed by atoms with Gasteiger partial charge in [0, 0.05) is 0 Å². The van der Waals surface area contributed by atoms with Crippen molar-refractivity contribution in [3.8, 4) is 0 Å². The molecule has 0 saturated heterocycles. The van der Waals surface area contributed by atoms with Crippen molar-refractivity contribution in [2.75, 3.05) is 12.0 Å². The highest BCUT2D eigenvalue weighted by atomic mass is 32.2. The molecule has 3 N–H and O–H groups in total. The topological polar surface area (TPSA) is 86.6 Å². The number of aliphatic hydroxyl groups excluding tert-OH is 1. The van der Waals surface area contributed by atoms with Crippen molar-refractivity contribution in [3.63, 3.8) is 0 Å². The average Bonchev–Trinajstić information content (AvgIpc) is 2.41. The van der Waals surface area contributed by atoms with Gasteiger partial charge in [-0.2, -0.15) is 11.8 Å². The van der Waals surface area contributed by atoms with E-state index in [1.165, 1.54) is 17.8 Å². The number of amides is 1. The summed E-state index contributed by atoms with van der Waals surface area (Å²) in [6.07, 6.45) is 5.04. The highest BCUT2D eigenvalue weighted by Crippen LogP contribution is 2.13. The highest BCUT2D eigenvalue weighted by molar-refractivity contribution is 7.98. The van der Waals surface area contributed by atoms with Gasteiger partial charge in [-0.3, -0.25) is 4.79 Å². The average molecular weight is 303 g/mol. The lowest BCUT2D eigenvalue weighted by Gasteiger charge is -2.21. The SMILES string of the molecule is C=C[C@H](C(=O)N[C@@H](CCSC)C(=O)O)[C@H](O)CCCC. The number of carboxylic acids is 1. The van der Waals surface area contributed by atoms with Gasteiger partial charge in [0.1, 0.15) is 6.04 Å². The minimum Gasteiger partial charge on any atom is -0.480 e. The van der Waals surface area contributed by atoms with Crippen LogP contribution >= 0.6 is 11.8 Å². The van der Waals surface area contributed by atoms with E-state index >= 15 is 0 Å². The van der Waals surface area contributed by atoms with Crippen molar-refractivity contribution in [1.82, 2.24) is 5.32 Å². The summed E-state index contributed by atoms with van der Waals surface area (Å²) in [5, 5.41) is 21.5. The first-order valence-corrected chi connectivity index (χ1v) is 8.20. The third kappa shape index (κ3) is 6.96. The van der Waals surface area contributed by atoms with E-state index in [1.807, 2.05) is 13.2 Å². The van der Waals surface area contributed by atoms with Crippen molar-refractivity contribution in [2.24, 2.45) is 5.92 Å². The molecule has 0 aliphatic heterocycles. The van der Waals surface area contributed by atoms with Crippen LogP contribution in [0.3, 0.4) is 0 Å². The minimum atomic E-state index is -1.06.